The number of thiophene rings is 1. The van der Waals surface area contributed by atoms with Crippen LogP contribution in [0.2, 0.25) is 0 Å². The minimum absolute atomic E-state index is 0.0627. The van der Waals surface area contributed by atoms with Crippen molar-refractivity contribution in [2.75, 3.05) is 18.5 Å². The first-order valence-electron chi connectivity index (χ1n) is 11.1. The van der Waals surface area contributed by atoms with Gasteiger partial charge in [0.15, 0.2) is 0 Å². The summed E-state index contributed by atoms with van der Waals surface area (Å²) in [5.74, 6) is 0.443. The van der Waals surface area contributed by atoms with Gasteiger partial charge in [-0.05, 0) is 31.1 Å². The second-order valence-electron chi connectivity index (χ2n) is 7.73. The lowest BCUT2D eigenvalue weighted by molar-refractivity contribution is -0.132. The zero-order chi connectivity index (χ0) is 23.9. The lowest BCUT2D eigenvalue weighted by atomic mass is 10.0. The standard InChI is InChI=1S/C25H25N5O3S/c1-2-33-21-6-4-3-5-18(21)7-8-23(31)28-25-20(15-26)19-9-13-30(16-22(19)34-25)24(32)10-12-29-14-11-27-17-29/h3-8,11,14,17H,2,9-10,12-13,16H2,1H3,(H,28,31)/b8-7+. The molecule has 0 fully saturated rings. The number of nitriles is 1. The van der Waals surface area contributed by atoms with Crippen LogP contribution < -0.4 is 10.1 Å². The summed E-state index contributed by atoms with van der Waals surface area (Å²) in [6.45, 7) is 4.03. The smallest absolute Gasteiger partial charge is 0.249 e. The van der Waals surface area contributed by atoms with E-state index < -0.39 is 0 Å². The van der Waals surface area contributed by atoms with Crippen LogP contribution in [0.3, 0.4) is 0 Å². The van der Waals surface area contributed by atoms with Gasteiger partial charge in [-0.25, -0.2) is 4.98 Å². The van der Waals surface area contributed by atoms with E-state index >= 15 is 0 Å². The molecule has 1 aliphatic heterocycles. The van der Waals surface area contributed by atoms with Crippen molar-refractivity contribution in [3.8, 4) is 11.8 Å². The van der Waals surface area contributed by atoms with E-state index in [9.17, 15) is 14.9 Å². The highest BCUT2D eigenvalue weighted by atomic mass is 32.1. The maximum Gasteiger partial charge on any atom is 0.249 e. The van der Waals surface area contributed by atoms with E-state index in [1.807, 2.05) is 46.9 Å². The van der Waals surface area contributed by atoms with Crippen LogP contribution in [0, 0.1) is 11.3 Å². The monoisotopic (exact) mass is 475 g/mol. The number of benzene rings is 1. The fourth-order valence-electron chi connectivity index (χ4n) is 3.85. The number of nitrogens with one attached hydrogen (secondary N) is 1. The lowest BCUT2D eigenvalue weighted by Crippen LogP contribution is -2.35. The van der Waals surface area contributed by atoms with Crippen LogP contribution >= 0.6 is 11.3 Å². The van der Waals surface area contributed by atoms with E-state index in [1.165, 1.54) is 17.4 Å². The Morgan fingerprint density at radius 1 is 1.35 bits per heavy atom. The number of ether oxygens (including phenoxy) is 1. The minimum Gasteiger partial charge on any atom is -0.493 e. The van der Waals surface area contributed by atoms with Gasteiger partial charge in [-0.3, -0.25) is 9.59 Å². The predicted octanol–water partition coefficient (Wildman–Crippen LogP) is 3.84. The molecule has 0 saturated carbocycles. The molecule has 174 valence electrons. The Kier molecular flexibility index (Phi) is 7.40. The van der Waals surface area contributed by atoms with E-state index in [4.69, 9.17) is 4.74 Å². The highest BCUT2D eigenvalue weighted by molar-refractivity contribution is 7.16. The number of carbonyl (C=O) groups is 2. The Morgan fingerprint density at radius 2 is 2.21 bits per heavy atom. The number of fused-ring (bicyclic) bond motifs is 1. The van der Waals surface area contributed by atoms with Gasteiger partial charge in [0, 0.05) is 48.4 Å². The van der Waals surface area contributed by atoms with E-state index in [2.05, 4.69) is 16.4 Å². The second-order valence-corrected chi connectivity index (χ2v) is 8.83. The molecule has 0 aliphatic carbocycles. The molecule has 1 aliphatic rings. The number of anilines is 1. The topological polar surface area (TPSA) is 100 Å². The summed E-state index contributed by atoms with van der Waals surface area (Å²) in [6, 6.07) is 9.72. The number of hydrogen-bond acceptors (Lipinski definition) is 6. The molecule has 0 radical (unpaired) electrons. The number of amides is 2. The van der Waals surface area contributed by atoms with Crippen LogP contribution in [0.1, 0.15) is 34.9 Å². The molecule has 3 heterocycles. The van der Waals surface area contributed by atoms with Gasteiger partial charge in [-0.15, -0.1) is 11.3 Å². The minimum atomic E-state index is -0.324. The van der Waals surface area contributed by atoms with Gasteiger partial charge in [0.25, 0.3) is 0 Å². The van der Waals surface area contributed by atoms with Gasteiger partial charge < -0.3 is 19.5 Å². The second kappa shape index (κ2) is 10.8. The number of aromatic nitrogens is 2. The molecular weight excluding hydrogens is 450 g/mol. The molecule has 0 bridgehead atoms. The Morgan fingerprint density at radius 3 is 2.97 bits per heavy atom. The number of rotatable bonds is 8. The molecule has 0 unspecified atom stereocenters. The van der Waals surface area contributed by atoms with Crippen LogP contribution in [-0.2, 0) is 29.1 Å². The normalized spacial score (nSPS) is 12.9. The third kappa shape index (κ3) is 5.35. The summed E-state index contributed by atoms with van der Waals surface area (Å²) < 4.78 is 7.46. The lowest BCUT2D eigenvalue weighted by Gasteiger charge is -2.27. The fourth-order valence-corrected chi connectivity index (χ4v) is 5.07. The number of carbonyl (C=O) groups excluding carboxylic acids is 2. The zero-order valence-electron chi connectivity index (χ0n) is 18.9. The van der Waals surface area contributed by atoms with Crippen LogP contribution in [-0.4, -0.2) is 39.4 Å². The van der Waals surface area contributed by atoms with Gasteiger partial charge >= 0.3 is 0 Å². The van der Waals surface area contributed by atoms with Gasteiger partial charge in [-0.2, -0.15) is 5.26 Å². The van der Waals surface area contributed by atoms with Gasteiger partial charge in [0.1, 0.15) is 16.8 Å². The summed E-state index contributed by atoms with van der Waals surface area (Å²) in [5, 5.41) is 13.1. The van der Waals surface area contributed by atoms with Crippen LogP contribution in [0.4, 0.5) is 5.00 Å². The van der Waals surface area contributed by atoms with Crippen molar-refractivity contribution in [1.29, 1.82) is 5.26 Å². The van der Waals surface area contributed by atoms with Crippen molar-refractivity contribution in [2.24, 2.45) is 0 Å². The third-order valence-corrected chi connectivity index (χ3v) is 6.67. The molecule has 2 amide bonds. The van der Waals surface area contributed by atoms with E-state index in [0.717, 1.165) is 16.0 Å². The largest absolute Gasteiger partial charge is 0.493 e. The first-order chi connectivity index (χ1) is 16.6. The van der Waals surface area contributed by atoms with Gasteiger partial charge in [-0.1, -0.05) is 18.2 Å². The first kappa shape index (κ1) is 23.3. The van der Waals surface area contributed by atoms with E-state index in [1.54, 1.807) is 18.6 Å². The maximum atomic E-state index is 12.7. The maximum absolute atomic E-state index is 12.7. The summed E-state index contributed by atoms with van der Waals surface area (Å²) in [6.07, 6.45) is 9.33. The van der Waals surface area contributed by atoms with Crippen LogP contribution in [0.15, 0.2) is 49.1 Å². The molecular formula is C25H25N5O3S. The van der Waals surface area contributed by atoms with Crippen molar-refractivity contribution >= 4 is 34.2 Å². The Hall–Kier alpha value is -3.90. The molecule has 0 saturated heterocycles. The van der Waals surface area contributed by atoms with E-state index in [-0.39, 0.29) is 11.8 Å². The average molecular weight is 476 g/mol. The molecule has 9 heteroatoms. The molecule has 34 heavy (non-hydrogen) atoms. The molecule has 1 aromatic carbocycles. The van der Waals surface area contributed by atoms with Gasteiger partial charge in [0.2, 0.25) is 11.8 Å². The molecule has 0 atom stereocenters. The zero-order valence-corrected chi connectivity index (χ0v) is 19.7. The van der Waals surface area contributed by atoms with Crippen LogP contribution in [0.25, 0.3) is 6.08 Å². The Labute approximate surface area is 202 Å². The number of aryl methyl sites for hydroxylation is 1. The van der Waals surface area contributed by atoms with Gasteiger partial charge in [0.05, 0.1) is 25.0 Å². The summed E-state index contributed by atoms with van der Waals surface area (Å²) in [7, 11) is 0. The number of imidazole rings is 1. The quantitative estimate of drug-likeness (QED) is 0.499. The molecule has 1 N–H and O–H groups in total. The number of hydrogen-bond donors (Lipinski definition) is 1. The van der Waals surface area contributed by atoms with Crippen molar-refractivity contribution < 1.29 is 14.3 Å². The predicted molar refractivity (Wildman–Crippen MR) is 130 cm³/mol. The van der Waals surface area contributed by atoms with Crippen molar-refractivity contribution in [1.82, 2.24) is 14.5 Å². The summed E-state index contributed by atoms with van der Waals surface area (Å²) in [4.78, 5) is 32.0. The van der Waals surface area contributed by atoms with E-state index in [0.29, 0.717) is 55.4 Å². The SMILES string of the molecule is CCOc1ccccc1/C=C/C(=O)Nc1sc2c(c1C#N)CCN(C(=O)CCn1ccnc1)C2. The highest BCUT2D eigenvalue weighted by Crippen LogP contribution is 2.37. The average Bonchev–Trinajstić information content (AvgIpc) is 3.49. The highest BCUT2D eigenvalue weighted by Gasteiger charge is 2.27. The molecule has 4 rings (SSSR count). The number of nitrogens with zero attached hydrogens (tertiary/aromatic N) is 4. The molecule has 3 aromatic rings. The van der Waals surface area contributed by atoms with Crippen LogP contribution in [0.5, 0.6) is 5.75 Å². The van der Waals surface area contributed by atoms with Crippen molar-refractivity contribution in [3.63, 3.8) is 0 Å². The van der Waals surface area contributed by atoms with Crippen molar-refractivity contribution in [3.05, 3.63) is 70.6 Å². The third-order valence-electron chi connectivity index (χ3n) is 5.53. The molecule has 2 aromatic heterocycles. The Balaban J connectivity index is 1.42. The number of para-hydroxylation sites is 1. The summed E-state index contributed by atoms with van der Waals surface area (Å²) in [5.41, 5.74) is 2.21. The van der Waals surface area contributed by atoms with Crippen molar-refractivity contribution in [2.45, 2.75) is 32.9 Å². The first-order valence-corrected chi connectivity index (χ1v) is 11.9. The summed E-state index contributed by atoms with van der Waals surface area (Å²) >= 11 is 1.36. The Bertz CT molecular complexity index is 1240. The molecule has 0 spiro atoms. The fraction of sp³-hybridized carbons (Fsp3) is 0.280. The molecule has 8 nitrogen and oxygen atoms in total.